The first kappa shape index (κ1) is 14.2. The molecule has 4 rings (SSSR count). The van der Waals surface area contributed by atoms with Gasteiger partial charge in [0.1, 0.15) is 11.5 Å². The zero-order chi connectivity index (χ0) is 15.6. The molecule has 0 atom stereocenters. The molecule has 0 spiro atoms. The van der Waals surface area contributed by atoms with Crippen LogP contribution in [0.2, 0.25) is 0 Å². The monoisotopic (exact) mass is 313 g/mol. The normalized spacial score (nSPS) is 20.7. The maximum absolute atomic E-state index is 13.4. The molecule has 0 bridgehead atoms. The molecule has 0 amide bonds. The molecule has 2 aromatic rings. The zero-order valence-electron chi connectivity index (χ0n) is 13.0. The molecule has 6 heteroatoms. The topological polar surface area (TPSA) is 56.3 Å². The standard InChI is InChI=1S/C17H20FN5/c18-13-8-15-12(9-19-16(15)20-10-13)7-14-11-21-17(22-14)23-5-3-1-2-4-6-23/h7-10H,1-6,11H2,(H,19,20)(H,21,22)/b14-7-. The van der Waals surface area contributed by atoms with Gasteiger partial charge in [0.2, 0.25) is 0 Å². The van der Waals surface area contributed by atoms with Crippen molar-refractivity contribution in [2.24, 2.45) is 4.99 Å². The summed E-state index contributed by atoms with van der Waals surface area (Å²) in [6.07, 6.45) is 10.2. The number of aromatic amines is 1. The summed E-state index contributed by atoms with van der Waals surface area (Å²) in [6.45, 7) is 2.78. The zero-order valence-corrected chi connectivity index (χ0v) is 13.0. The number of nitrogens with one attached hydrogen (secondary N) is 2. The van der Waals surface area contributed by atoms with Gasteiger partial charge < -0.3 is 15.2 Å². The van der Waals surface area contributed by atoms with E-state index in [9.17, 15) is 4.39 Å². The molecule has 0 unspecified atom stereocenters. The molecular formula is C17H20FN5. The molecule has 2 N–H and O–H groups in total. The van der Waals surface area contributed by atoms with Gasteiger partial charge in [-0.25, -0.2) is 14.4 Å². The minimum absolute atomic E-state index is 0.322. The van der Waals surface area contributed by atoms with E-state index in [1.807, 2.05) is 12.3 Å². The first-order valence-electron chi connectivity index (χ1n) is 8.19. The van der Waals surface area contributed by atoms with Gasteiger partial charge in [-0.05, 0) is 25.0 Å². The molecule has 2 aliphatic heterocycles. The van der Waals surface area contributed by atoms with Crippen molar-refractivity contribution >= 4 is 23.1 Å². The first-order valence-corrected chi connectivity index (χ1v) is 8.19. The summed E-state index contributed by atoms with van der Waals surface area (Å²) in [5.41, 5.74) is 2.67. The van der Waals surface area contributed by atoms with Gasteiger partial charge in [-0.3, -0.25) is 0 Å². The summed E-state index contributed by atoms with van der Waals surface area (Å²) in [4.78, 5) is 14.1. The first-order chi connectivity index (χ1) is 11.3. The van der Waals surface area contributed by atoms with E-state index in [1.165, 1.54) is 37.9 Å². The SMILES string of the molecule is Fc1cnc2[nH]cc(/C=C3/CN=C(N4CCCCCC4)N3)c2c1. The van der Waals surface area contributed by atoms with Gasteiger partial charge in [0.05, 0.1) is 12.7 Å². The number of halogens is 1. The predicted molar refractivity (Wildman–Crippen MR) is 89.5 cm³/mol. The van der Waals surface area contributed by atoms with Crippen LogP contribution in [0.1, 0.15) is 31.2 Å². The van der Waals surface area contributed by atoms with Crippen molar-refractivity contribution in [1.29, 1.82) is 0 Å². The number of aromatic nitrogens is 2. The molecule has 0 radical (unpaired) electrons. The highest BCUT2D eigenvalue weighted by molar-refractivity contribution is 5.89. The average Bonchev–Trinajstić information content (AvgIpc) is 3.07. The highest BCUT2D eigenvalue weighted by atomic mass is 19.1. The van der Waals surface area contributed by atoms with Gasteiger partial charge >= 0.3 is 0 Å². The molecular weight excluding hydrogens is 293 g/mol. The quantitative estimate of drug-likeness (QED) is 0.851. The number of rotatable bonds is 1. The second-order valence-corrected chi connectivity index (χ2v) is 6.13. The van der Waals surface area contributed by atoms with E-state index in [4.69, 9.17) is 0 Å². The van der Waals surface area contributed by atoms with Crippen LogP contribution in [-0.4, -0.2) is 40.5 Å². The number of hydrogen-bond acceptors (Lipinski definition) is 4. The lowest BCUT2D eigenvalue weighted by Crippen LogP contribution is -2.38. The Hall–Kier alpha value is -2.37. The van der Waals surface area contributed by atoms with Crippen molar-refractivity contribution < 1.29 is 4.39 Å². The fourth-order valence-electron chi connectivity index (χ4n) is 3.23. The van der Waals surface area contributed by atoms with E-state index < -0.39 is 0 Å². The smallest absolute Gasteiger partial charge is 0.198 e. The highest BCUT2D eigenvalue weighted by Gasteiger charge is 2.19. The van der Waals surface area contributed by atoms with Crippen molar-refractivity contribution in [2.75, 3.05) is 19.6 Å². The third-order valence-electron chi connectivity index (χ3n) is 4.44. The number of H-pyrrole nitrogens is 1. The van der Waals surface area contributed by atoms with Crippen molar-refractivity contribution in [3.8, 4) is 0 Å². The Labute approximate surface area is 134 Å². The number of aliphatic imine (C=N–C) groups is 1. The highest BCUT2D eigenvalue weighted by Crippen LogP contribution is 2.21. The fourth-order valence-corrected chi connectivity index (χ4v) is 3.23. The molecule has 2 aliphatic rings. The molecule has 1 saturated heterocycles. The van der Waals surface area contributed by atoms with Crippen molar-refractivity contribution in [3.05, 3.63) is 35.5 Å². The molecule has 4 heterocycles. The number of pyridine rings is 1. The van der Waals surface area contributed by atoms with Crippen LogP contribution in [0, 0.1) is 5.82 Å². The number of nitrogens with zero attached hydrogens (tertiary/aromatic N) is 3. The third kappa shape index (κ3) is 2.93. The van der Waals surface area contributed by atoms with E-state index in [-0.39, 0.29) is 5.82 Å². The van der Waals surface area contributed by atoms with Crippen LogP contribution in [0.5, 0.6) is 0 Å². The molecule has 120 valence electrons. The molecule has 23 heavy (non-hydrogen) atoms. The molecule has 0 saturated carbocycles. The summed E-state index contributed by atoms with van der Waals surface area (Å²) >= 11 is 0. The van der Waals surface area contributed by atoms with Crippen LogP contribution < -0.4 is 5.32 Å². The van der Waals surface area contributed by atoms with Crippen LogP contribution in [0.3, 0.4) is 0 Å². The Morgan fingerprint density at radius 1 is 1.17 bits per heavy atom. The Morgan fingerprint density at radius 2 is 2.00 bits per heavy atom. The van der Waals surface area contributed by atoms with Crippen molar-refractivity contribution in [1.82, 2.24) is 20.2 Å². The maximum Gasteiger partial charge on any atom is 0.198 e. The second-order valence-electron chi connectivity index (χ2n) is 6.13. The third-order valence-corrected chi connectivity index (χ3v) is 4.44. The van der Waals surface area contributed by atoms with Gasteiger partial charge in [0.15, 0.2) is 5.96 Å². The average molecular weight is 313 g/mol. The number of likely N-dealkylation sites (tertiary alicyclic amines) is 1. The molecule has 0 aromatic carbocycles. The van der Waals surface area contributed by atoms with Crippen LogP contribution >= 0.6 is 0 Å². The van der Waals surface area contributed by atoms with E-state index in [0.29, 0.717) is 12.2 Å². The van der Waals surface area contributed by atoms with Crippen LogP contribution in [0.15, 0.2) is 29.1 Å². The summed E-state index contributed by atoms with van der Waals surface area (Å²) in [7, 11) is 0. The van der Waals surface area contributed by atoms with Gasteiger partial charge in [-0.15, -0.1) is 0 Å². The van der Waals surface area contributed by atoms with Gasteiger partial charge in [0, 0.05) is 35.9 Å². The lowest BCUT2D eigenvalue weighted by molar-refractivity contribution is 0.426. The molecule has 1 fully saturated rings. The van der Waals surface area contributed by atoms with Crippen molar-refractivity contribution in [2.45, 2.75) is 25.7 Å². The number of guanidine groups is 1. The number of fused-ring (bicyclic) bond motifs is 1. The predicted octanol–water partition coefficient (Wildman–Crippen LogP) is 2.88. The summed E-state index contributed by atoms with van der Waals surface area (Å²) in [6, 6.07) is 1.51. The van der Waals surface area contributed by atoms with E-state index in [0.717, 1.165) is 35.7 Å². The molecule has 0 aliphatic carbocycles. The van der Waals surface area contributed by atoms with Crippen LogP contribution in [0.25, 0.3) is 17.1 Å². The number of hydrogen-bond donors (Lipinski definition) is 2. The minimum Gasteiger partial charge on any atom is -0.346 e. The minimum atomic E-state index is -0.322. The Morgan fingerprint density at radius 3 is 2.83 bits per heavy atom. The largest absolute Gasteiger partial charge is 0.346 e. The van der Waals surface area contributed by atoms with Gasteiger partial charge in [0.25, 0.3) is 0 Å². The lowest BCUT2D eigenvalue weighted by Gasteiger charge is -2.22. The molecule has 5 nitrogen and oxygen atoms in total. The van der Waals surface area contributed by atoms with Crippen molar-refractivity contribution in [3.63, 3.8) is 0 Å². The maximum atomic E-state index is 13.4. The van der Waals surface area contributed by atoms with Crippen LogP contribution in [-0.2, 0) is 0 Å². The van der Waals surface area contributed by atoms with E-state index in [2.05, 4.69) is 25.2 Å². The Kier molecular flexibility index (Phi) is 3.73. The summed E-state index contributed by atoms with van der Waals surface area (Å²) in [5, 5.41) is 4.21. The van der Waals surface area contributed by atoms with Gasteiger partial charge in [-0.1, -0.05) is 12.8 Å². The van der Waals surface area contributed by atoms with Gasteiger partial charge in [-0.2, -0.15) is 0 Å². The van der Waals surface area contributed by atoms with E-state index in [1.54, 1.807) is 0 Å². The Bertz CT molecular complexity index is 768. The fraction of sp³-hybridized carbons (Fsp3) is 0.412. The second kappa shape index (κ2) is 6.02. The molecule has 2 aromatic heterocycles. The summed E-state index contributed by atoms with van der Waals surface area (Å²) in [5.74, 6) is 0.653. The van der Waals surface area contributed by atoms with E-state index >= 15 is 0 Å². The van der Waals surface area contributed by atoms with Crippen LogP contribution in [0.4, 0.5) is 4.39 Å². The lowest BCUT2D eigenvalue weighted by atomic mass is 10.2. The summed E-state index contributed by atoms with van der Waals surface area (Å²) < 4.78 is 13.4. The Balaban J connectivity index is 1.53.